The first-order chi connectivity index (χ1) is 17.6. The molecule has 174 valence electrons. The molecule has 1 aromatic heterocycles. The lowest BCUT2D eigenvalue weighted by atomic mass is 9.93. The van der Waals surface area contributed by atoms with Crippen LogP contribution in [-0.2, 0) is 0 Å². The molecule has 0 unspecified atom stereocenters. The van der Waals surface area contributed by atoms with Crippen LogP contribution < -0.4 is 0 Å². The van der Waals surface area contributed by atoms with E-state index in [1.165, 1.54) is 0 Å². The Bertz CT molecular complexity index is 1820. The highest BCUT2D eigenvalue weighted by Gasteiger charge is 2.14. The Morgan fingerprint density at radius 1 is 0.667 bits per heavy atom. The maximum absolute atomic E-state index is 11.1. The molecule has 1 N–H and O–H groups in total. The number of furan rings is 1. The van der Waals surface area contributed by atoms with Crippen LogP contribution in [-0.4, -0.2) is 5.11 Å². The standard InChI is InChI=1S/C33H23BrO2/c1-2-3-4-8-21-9-7-11-27(33(21)35)24-16-17-30(34)28-19-22(13-15-25(24)28)23-14-18-32-29(20-23)26-10-5-6-12-31(26)36-32/h2-20,35H,1H3/b3-2-,8-4-. The van der Waals surface area contributed by atoms with Gasteiger partial charge in [0.05, 0.1) is 0 Å². The van der Waals surface area contributed by atoms with E-state index in [4.69, 9.17) is 4.42 Å². The van der Waals surface area contributed by atoms with Crippen LogP contribution in [0.2, 0.25) is 0 Å². The molecule has 3 heteroatoms. The summed E-state index contributed by atoms with van der Waals surface area (Å²) in [5.41, 5.74) is 6.65. The normalized spacial score (nSPS) is 12.1. The smallest absolute Gasteiger partial charge is 0.135 e. The van der Waals surface area contributed by atoms with Crippen molar-refractivity contribution in [3.05, 3.63) is 119 Å². The van der Waals surface area contributed by atoms with Crippen LogP contribution in [0.15, 0.2) is 118 Å². The Morgan fingerprint density at radius 2 is 1.44 bits per heavy atom. The van der Waals surface area contributed by atoms with Crippen molar-refractivity contribution in [3.63, 3.8) is 0 Å². The van der Waals surface area contributed by atoms with Gasteiger partial charge in [0.2, 0.25) is 0 Å². The minimum atomic E-state index is 0.281. The molecule has 1 heterocycles. The molecule has 0 spiro atoms. The zero-order valence-electron chi connectivity index (χ0n) is 19.7. The molecule has 0 saturated carbocycles. The molecule has 0 bridgehead atoms. The topological polar surface area (TPSA) is 33.4 Å². The predicted octanol–water partition coefficient (Wildman–Crippen LogP) is 10.1. The van der Waals surface area contributed by atoms with Crippen LogP contribution in [0.4, 0.5) is 0 Å². The molecule has 0 aliphatic carbocycles. The number of halogens is 1. The van der Waals surface area contributed by atoms with Gasteiger partial charge in [-0.1, -0.05) is 101 Å². The van der Waals surface area contributed by atoms with Gasteiger partial charge in [0, 0.05) is 26.4 Å². The van der Waals surface area contributed by atoms with E-state index in [0.717, 1.165) is 65.0 Å². The van der Waals surface area contributed by atoms with Gasteiger partial charge in [0.25, 0.3) is 0 Å². The van der Waals surface area contributed by atoms with Gasteiger partial charge in [-0.2, -0.15) is 0 Å². The van der Waals surface area contributed by atoms with Crippen molar-refractivity contribution in [2.24, 2.45) is 0 Å². The minimum absolute atomic E-state index is 0.281. The number of phenolic OH excluding ortho intramolecular Hbond substituents is 1. The van der Waals surface area contributed by atoms with Crippen molar-refractivity contribution >= 4 is 54.7 Å². The average Bonchev–Trinajstić information content (AvgIpc) is 3.28. The fraction of sp³-hybridized carbons (Fsp3) is 0.0303. The zero-order valence-corrected chi connectivity index (χ0v) is 21.3. The Hall–Kier alpha value is -4.08. The van der Waals surface area contributed by atoms with Crippen molar-refractivity contribution in [1.29, 1.82) is 0 Å². The van der Waals surface area contributed by atoms with Gasteiger partial charge in [-0.05, 0) is 64.7 Å². The SMILES string of the molecule is C/C=C\C=C/c1cccc(-c2ccc(Br)c3cc(-c4ccc5oc6ccccc6c5c4)ccc23)c1O. The number of fused-ring (bicyclic) bond motifs is 4. The molecule has 6 rings (SSSR count). The monoisotopic (exact) mass is 530 g/mol. The second-order valence-electron chi connectivity index (χ2n) is 8.79. The quantitative estimate of drug-likeness (QED) is 0.230. The summed E-state index contributed by atoms with van der Waals surface area (Å²) in [7, 11) is 0. The van der Waals surface area contributed by atoms with Crippen molar-refractivity contribution in [2.45, 2.75) is 6.92 Å². The first-order valence-electron chi connectivity index (χ1n) is 11.9. The zero-order chi connectivity index (χ0) is 24.6. The Morgan fingerprint density at radius 3 is 2.31 bits per heavy atom. The fourth-order valence-corrected chi connectivity index (χ4v) is 5.28. The van der Waals surface area contributed by atoms with E-state index in [-0.39, 0.29) is 5.75 Å². The maximum atomic E-state index is 11.1. The third kappa shape index (κ3) is 3.82. The molecule has 0 saturated heterocycles. The maximum Gasteiger partial charge on any atom is 0.135 e. The largest absolute Gasteiger partial charge is 0.507 e. The summed E-state index contributed by atoms with van der Waals surface area (Å²) in [5, 5.41) is 15.5. The molecule has 36 heavy (non-hydrogen) atoms. The van der Waals surface area contributed by atoms with Gasteiger partial charge in [0.1, 0.15) is 16.9 Å². The van der Waals surface area contributed by atoms with Crippen LogP contribution in [0.25, 0.3) is 61.0 Å². The van der Waals surface area contributed by atoms with Crippen LogP contribution in [0, 0.1) is 0 Å². The van der Waals surface area contributed by atoms with E-state index in [9.17, 15) is 5.11 Å². The van der Waals surface area contributed by atoms with Gasteiger partial charge in [-0.3, -0.25) is 0 Å². The highest BCUT2D eigenvalue weighted by atomic mass is 79.9. The molecular weight excluding hydrogens is 508 g/mol. The van der Waals surface area contributed by atoms with Crippen molar-refractivity contribution in [1.82, 2.24) is 0 Å². The number of para-hydroxylation sites is 2. The number of rotatable bonds is 4. The summed E-state index contributed by atoms with van der Waals surface area (Å²) in [6.45, 7) is 1.97. The van der Waals surface area contributed by atoms with Gasteiger partial charge in [0.15, 0.2) is 0 Å². The Balaban J connectivity index is 1.49. The van der Waals surface area contributed by atoms with Crippen molar-refractivity contribution < 1.29 is 9.52 Å². The molecule has 2 nitrogen and oxygen atoms in total. The van der Waals surface area contributed by atoms with E-state index in [1.807, 2.05) is 73.7 Å². The summed E-state index contributed by atoms with van der Waals surface area (Å²) in [5.74, 6) is 0.281. The molecular formula is C33H23BrO2. The molecule has 0 aliphatic heterocycles. The number of hydrogen-bond acceptors (Lipinski definition) is 2. The summed E-state index contributed by atoms with van der Waals surface area (Å²) < 4.78 is 7.02. The second-order valence-corrected chi connectivity index (χ2v) is 9.65. The third-order valence-electron chi connectivity index (χ3n) is 6.61. The lowest BCUT2D eigenvalue weighted by molar-refractivity contribution is 0.476. The molecule has 0 radical (unpaired) electrons. The van der Waals surface area contributed by atoms with Gasteiger partial charge in [-0.25, -0.2) is 0 Å². The van der Waals surface area contributed by atoms with Crippen LogP contribution in [0.1, 0.15) is 12.5 Å². The van der Waals surface area contributed by atoms with Gasteiger partial charge < -0.3 is 9.52 Å². The number of aromatic hydroxyl groups is 1. The van der Waals surface area contributed by atoms with E-state index >= 15 is 0 Å². The molecule has 5 aromatic carbocycles. The van der Waals surface area contributed by atoms with Crippen LogP contribution in [0.3, 0.4) is 0 Å². The van der Waals surface area contributed by atoms with Crippen LogP contribution in [0.5, 0.6) is 5.75 Å². The second kappa shape index (κ2) is 9.18. The molecule has 0 atom stereocenters. The lowest BCUT2D eigenvalue weighted by Gasteiger charge is -2.13. The number of phenols is 1. The fourth-order valence-electron chi connectivity index (χ4n) is 4.82. The van der Waals surface area contributed by atoms with Gasteiger partial charge >= 0.3 is 0 Å². The molecule has 0 amide bonds. The first-order valence-corrected chi connectivity index (χ1v) is 12.7. The molecule has 0 aliphatic rings. The van der Waals surface area contributed by atoms with Gasteiger partial charge in [-0.15, -0.1) is 0 Å². The number of allylic oxidation sites excluding steroid dienone is 3. The lowest BCUT2D eigenvalue weighted by Crippen LogP contribution is -1.87. The predicted molar refractivity (Wildman–Crippen MR) is 155 cm³/mol. The summed E-state index contributed by atoms with van der Waals surface area (Å²) in [4.78, 5) is 0. The van der Waals surface area contributed by atoms with Crippen LogP contribution >= 0.6 is 15.9 Å². The van der Waals surface area contributed by atoms with Crippen molar-refractivity contribution in [3.8, 4) is 28.0 Å². The minimum Gasteiger partial charge on any atom is -0.507 e. The molecule has 0 fully saturated rings. The summed E-state index contributed by atoms with van der Waals surface area (Å²) in [6.07, 6.45) is 7.77. The van der Waals surface area contributed by atoms with E-state index in [0.29, 0.717) is 0 Å². The highest BCUT2D eigenvalue weighted by Crippen LogP contribution is 2.41. The third-order valence-corrected chi connectivity index (χ3v) is 7.30. The Labute approximate surface area is 217 Å². The average molecular weight is 531 g/mol. The molecule has 6 aromatic rings. The number of benzene rings is 5. The Kier molecular flexibility index (Phi) is 5.71. The number of hydrogen-bond donors (Lipinski definition) is 1. The summed E-state index contributed by atoms with van der Waals surface area (Å²) in [6, 6.07) is 31.0. The van der Waals surface area contributed by atoms with Crippen molar-refractivity contribution in [2.75, 3.05) is 0 Å². The summed E-state index contributed by atoms with van der Waals surface area (Å²) >= 11 is 3.76. The van der Waals surface area contributed by atoms with E-state index in [2.05, 4.69) is 64.5 Å². The highest BCUT2D eigenvalue weighted by molar-refractivity contribution is 9.10. The van der Waals surface area contributed by atoms with E-state index < -0.39 is 0 Å². The van der Waals surface area contributed by atoms with E-state index in [1.54, 1.807) is 0 Å². The first kappa shape index (κ1) is 22.4.